The molecule has 1 fully saturated rings. The molecule has 0 radical (unpaired) electrons. The van der Waals surface area contributed by atoms with Crippen LogP contribution in [0.25, 0.3) is 0 Å². The molecule has 1 aliphatic heterocycles. The number of halogens is 1. The summed E-state index contributed by atoms with van der Waals surface area (Å²) in [6.07, 6.45) is 2.00. The first-order valence-electron chi connectivity index (χ1n) is 6.38. The summed E-state index contributed by atoms with van der Waals surface area (Å²) in [4.78, 5) is 0. The molecule has 1 N–H and O–H groups in total. The lowest BCUT2D eigenvalue weighted by Gasteiger charge is -2.27. The lowest BCUT2D eigenvalue weighted by molar-refractivity contribution is 0.0753. The van der Waals surface area contributed by atoms with Crippen LogP contribution in [-0.4, -0.2) is 26.4 Å². The zero-order chi connectivity index (χ0) is 13.0. The van der Waals surface area contributed by atoms with Crippen molar-refractivity contribution in [1.29, 1.82) is 0 Å². The van der Waals surface area contributed by atoms with Crippen LogP contribution < -0.4 is 10.1 Å². The Morgan fingerprint density at radius 1 is 1.39 bits per heavy atom. The smallest absolute Gasteiger partial charge is 0.123 e. The van der Waals surface area contributed by atoms with Gasteiger partial charge in [-0.05, 0) is 38.0 Å². The van der Waals surface area contributed by atoms with Crippen LogP contribution in [0, 0.1) is 5.82 Å². The van der Waals surface area contributed by atoms with Crippen LogP contribution in [0.1, 0.15) is 31.4 Å². The summed E-state index contributed by atoms with van der Waals surface area (Å²) in [5.74, 6) is 0.495. The molecule has 3 nitrogen and oxygen atoms in total. The monoisotopic (exact) mass is 253 g/mol. The first kappa shape index (κ1) is 13.3. The van der Waals surface area contributed by atoms with E-state index < -0.39 is 0 Å². The minimum Gasteiger partial charge on any atom is -0.496 e. The molecule has 1 aliphatic rings. The van der Waals surface area contributed by atoms with Crippen molar-refractivity contribution >= 4 is 0 Å². The minimum absolute atomic E-state index is 0.0683. The molecule has 100 valence electrons. The van der Waals surface area contributed by atoms with E-state index in [2.05, 4.69) is 5.32 Å². The second kappa shape index (κ2) is 6.16. The molecule has 2 rings (SSSR count). The minimum atomic E-state index is -0.230. The van der Waals surface area contributed by atoms with Gasteiger partial charge in [0.1, 0.15) is 11.6 Å². The van der Waals surface area contributed by atoms with Gasteiger partial charge in [-0.1, -0.05) is 0 Å². The summed E-state index contributed by atoms with van der Waals surface area (Å²) in [6.45, 7) is 3.63. The summed E-state index contributed by atoms with van der Waals surface area (Å²) < 4.78 is 23.9. The summed E-state index contributed by atoms with van der Waals surface area (Å²) in [7, 11) is 1.61. The van der Waals surface area contributed by atoms with Gasteiger partial charge < -0.3 is 14.8 Å². The van der Waals surface area contributed by atoms with Gasteiger partial charge in [-0.15, -0.1) is 0 Å². The number of rotatable bonds is 4. The van der Waals surface area contributed by atoms with Gasteiger partial charge in [0.25, 0.3) is 0 Å². The Hall–Kier alpha value is -1.13. The topological polar surface area (TPSA) is 30.5 Å². The fourth-order valence-corrected chi connectivity index (χ4v) is 2.35. The Kier molecular flexibility index (Phi) is 4.55. The largest absolute Gasteiger partial charge is 0.496 e. The molecule has 0 bridgehead atoms. The predicted molar refractivity (Wildman–Crippen MR) is 68.3 cm³/mol. The van der Waals surface area contributed by atoms with Crippen LogP contribution in [0.15, 0.2) is 18.2 Å². The fourth-order valence-electron chi connectivity index (χ4n) is 2.35. The second-order valence-electron chi connectivity index (χ2n) is 4.66. The van der Waals surface area contributed by atoms with Gasteiger partial charge in [-0.25, -0.2) is 4.39 Å². The van der Waals surface area contributed by atoms with Crippen LogP contribution in [-0.2, 0) is 4.74 Å². The standard InChI is InChI=1S/C14H20FNO2/c1-10(16-12-5-7-18-8-6-12)13-9-11(15)3-4-14(13)17-2/h3-4,9-10,12,16H,5-8H2,1-2H3. The highest BCUT2D eigenvalue weighted by molar-refractivity contribution is 5.36. The van der Waals surface area contributed by atoms with Crippen molar-refractivity contribution in [2.75, 3.05) is 20.3 Å². The fraction of sp³-hybridized carbons (Fsp3) is 0.571. The molecule has 0 amide bonds. The zero-order valence-electron chi connectivity index (χ0n) is 10.9. The zero-order valence-corrected chi connectivity index (χ0v) is 10.9. The van der Waals surface area contributed by atoms with E-state index in [-0.39, 0.29) is 11.9 Å². The van der Waals surface area contributed by atoms with Crippen molar-refractivity contribution in [3.63, 3.8) is 0 Å². The van der Waals surface area contributed by atoms with Gasteiger partial charge in [0.05, 0.1) is 7.11 Å². The normalized spacial score (nSPS) is 18.6. The molecular weight excluding hydrogens is 233 g/mol. The number of hydrogen-bond donors (Lipinski definition) is 1. The molecule has 0 aromatic heterocycles. The lowest BCUT2D eigenvalue weighted by atomic mass is 10.0. The van der Waals surface area contributed by atoms with Gasteiger partial charge in [-0.2, -0.15) is 0 Å². The first-order valence-corrected chi connectivity index (χ1v) is 6.38. The van der Waals surface area contributed by atoms with Crippen molar-refractivity contribution in [3.05, 3.63) is 29.6 Å². The molecule has 0 saturated carbocycles. The highest BCUT2D eigenvalue weighted by Crippen LogP contribution is 2.26. The highest BCUT2D eigenvalue weighted by Gasteiger charge is 2.19. The Bertz CT molecular complexity index is 391. The molecular formula is C14H20FNO2. The van der Waals surface area contributed by atoms with Gasteiger partial charge in [0.15, 0.2) is 0 Å². The third kappa shape index (κ3) is 3.21. The molecule has 1 atom stereocenters. The van der Waals surface area contributed by atoms with E-state index in [0.29, 0.717) is 6.04 Å². The molecule has 1 unspecified atom stereocenters. The Labute approximate surface area is 107 Å². The van der Waals surface area contributed by atoms with Crippen LogP contribution in [0.2, 0.25) is 0 Å². The molecule has 1 aromatic rings. The van der Waals surface area contributed by atoms with Gasteiger partial charge >= 0.3 is 0 Å². The van der Waals surface area contributed by atoms with Crippen LogP contribution >= 0.6 is 0 Å². The van der Waals surface area contributed by atoms with E-state index in [1.54, 1.807) is 13.2 Å². The number of methoxy groups -OCH3 is 1. The second-order valence-corrected chi connectivity index (χ2v) is 4.66. The van der Waals surface area contributed by atoms with Crippen molar-refractivity contribution < 1.29 is 13.9 Å². The average Bonchev–Trinajstić information content (AvgIpc) is 2.40. The summed E-state index contributed by atoms with van der Waals surface area (Å²) in [5, 5.41) is 3.51. The van der Waals surface area contributed by atoms with Crippen molar-refractivity contribution in [3.8, 4) is 5.75 Å². The van der Waals surface area contributed by atoms with E-state index in [0.717, 1.165) is 37.4 Å². The van der Waals surface area contributed by atoms with E-state index in [1.807, 2.05) is 6.92 Å². The van der Waals surface area contributed by atoms with Gasteiger partial charge in [0.2, 0.25) is 0 Å². The van der Waals surface area contributed by atoms with E-state index >= 15 is 0 Å². The van der Waals surface area contributed by atoms with Crippen molar-refractivity contribution in [2.45, 2.75) is 31.8 Å². The lowest BCUT2D eigenvalue weighted by Crippen LogP contribution is -2.36. The Morgan fingerprint density at radius 2 is 2.11 bits per heavy atom. The van der Waals surface area contributed by atoms with E-state index in [9.17, 15) is 4.39 Å². The molecule has 0 spiro atoms. The van der Waals surface area contributed by atoms with Crippen molar-refractivity contribution in [2.24, 2.45) is 0 Å². The molecule has 0 aliphatic carbocycles. The maximum absolute atomic E-state index is 13.3. The quantitative estimate of drug-likeness (QED) is 0.895. The third-order valence-corrected chi connectivity index (χ3v) is 3.37. The Balaban J connectivity index is 2.07. The van der Waals surface area contributed by atoms with Crippen LogP contribution in [0.5, 0.6) is 5.75 Å². The van der Waals surface area contributed by atoms with Gasteiger partial charge in [-0.3, -0.25) is 0 Å². The maximum Gasteiger partial charge on any atom is 0.123 e. The average molecular weight is 253 g/mol. The van der Waals surface area contributed by atoms with Gasteiger partial charge in [0, 0.05) is 30.9 Å². The molecule has 1 heterocycles. The molecule has 4 heteroatoms. The first-order chi connectivity index (χ1) is 8.70. The van der Waals surface area contributed by atoms with E-state index in [1.165, 1.54) is 12.1 Å². The summed E-state index contributed by atoms with van der Waals surface area (Å²) in [6, 6.07) is 5.13. The SMILES string of the molecule is COc1ccc(F)cc1C(C)NC1CCOCC1. The van der Waals surface area contributed by atoms with Crippen LogP contribution in [0.4, 0.5) is 4.39 Å². The van der Waals surface area contributed by atoms with Crippen LogP contribution in [0.3, 0.4) is 0 Å². The molecule has 1 saturated heterocycles. The van der Waals surface area contributed by atoms with Crippen molar-refractivity contribution in [1.82, 2.24) is 5.32 Å². The molecule has 1 aromatic carbocycles. The highest BCUT2D eigenvalue weighted by atomic mass is 19.1. The summed E-state index contributed by atoms with van der Waals surface area (Å²) >= 11 is 0. The molecule has 18 heavy (non-hydrogen) atoms. The van der Waals surface area contributed by atoms with E-state index in [4.69, 9.17) is 9.47 Å². The number of nitrogens with one attached hydrogen (secondary N) is 1. The Morgan fingerprint density at radius 3 is 2.78 bits per heavy atom. The maximum atomic E-state index is 13.3. The third-order valence-electron chi connectivity index (χ3n) is 3.37. The summed E-state index contributed by atoms with van der Waals surface area (Å²) in [5.41, 5.74) is 0.865. The number of benzene rings is 1. The number of ether oxygens (including phenoxy) is 2. The predicted octanol–water partition coefficient (Wildman–Crippen LogP) is 2.66. The number of hydrogen-bond acceptors (Lipinski definition) is 3.